The Labute approximate surface area is 200 Å². The summed E-state index contributed by atoms with van der Waals surface area (Å²) >= 11 is 0. The molecule has 1 aromatic carbocycles. The van der Waals surface area contributed by atoms with Crippen LogP contribution in [0.1, 0.15) is 36.4 Å². The molecule has 1 N–H and O–H groups in total. The molecular weight excluding hydrogens is 503 g/mol. The monoisotopic (exact) mass is 534 g/mol. The number of aromatic nitrogens is 3. The molecule has 3 heterocycles. The number of aliphatic imine (C=N–C) groups is 1. The summed E-state index contributed by atoms with van der Waals surface area (Å²) in [6.07, 6.45) is 3.86. The van der Waals surface area contributed by atoms with E-state index in [1.54, 1.807) is 0 Å². The van der Waals surface area contributed by atoms with Crippen molar-refractivity contribution < 1.29 is 4.74 Å². The molecular formula is C23H31IN6O. The molecule has 8 heteroatoms. The predicted molar refractivity (Wildman–Crippen MR) is 134 cm³/mol. The molecule has 2 aromatic heterocycles. The molecule has 1 atom stereocenters. The zero-order valence-electron chi connectivity index (χ0n) is 18.2. The first-order chi connectivity index (χ1) is 14.8. The lowest BCUT2D eigenvalue weighted by atomic mass is 10.0. The number of aryl methyl sites for hydroxylation is 2. The molecule has 7 nitrogen and oxygen atoms in total. The minimum atomic E-state index is 0. The maximum absolute atomic E-state index is 6.08. The molecule has 1 unspecified atom stereocenters. The van der Waals surface area contributed by atoms with Crippen LogP contribution in [0, 0.1) is 6.92 Å². The van der Waals surface area contributed by atoms with Crippen molar-refractivity contribution in [3.63, 3.8) is 0 Å². The summed E-state index contributed by atoms with van der Waals surface area (Å²) in [6.45, 7) is 8.21. The van der Waals surface area contributed by atoms with Crippen molar-refractivity contribution in [2.45, 2.75) is 32.8 Å². The first-order valence-corrected chi connectivity index (χ1v) is 10.8. The first-order valence-electron chi connectivity index (χ1n) is 10.8. The molecule has 166 valence electrons. The zero-order valence-corrected chi connectivity index (χ0v) is 20.5. The average molecular weight is 534 g/mol. The van der Waals surface area contributed by atoms with Gasteiger partial charge in [-0.15, -0.1) is 34.2 Å². The fourth-order valence-corrected chi connectivity index (χ4v) is 3.89. The van der Waals surface area contributed by atoms with Crippen molar-refractivity contribution in [3.8, 4) is 0 Å². The molecule has 3 aromatic rings. The topological polar surface area (TPSA) is 67.0 Å². The van der Waals surface area contributed by atoms with Crippen LogP contribution < -0.4 is 5.32 Å². The van der Waals surface area contributed by atoms with Crippen LogP contribution in [0.25, 0.3) is 5.65 Å². The molecule has 0 spiro atoms. The molecule has 1 aliphatic heterocycles. The Kier molecular flexibility index (Phi) is 8.65. The van der Waals surface area contributed by atoms with Gasteiger partial charge in [0.1, 0.15) is 11.9 Å². The van der Waals surface area contributed by atoms with Gasteiger partial charge in [0.25, 0.3) is 0 Å². The van der Waals surface area contributed by atoms with E-state index in [9.17, 15) is 0 Å². The second-order valence-electron chi connectivity index (χ2n) is 7.55. The molecule has 0 radical (unpaired) electrons. The van der Waals surface area contributed by atoms with E-state index in [1.165, 1.54) is 11.1 Å². The number of benzene rings is 1. The second kappa shape index (κ2) is 11.4. The van der Waals surface area contributed by atoms with Gasteiger partial charge < -0.3 is 15.0 Å². The SMILES string of the molecule is CCNC(=NCCCc1nnc2ccccn12)N1CCOC(c2ccccc2C)C1.I. The molecule has 0 amide bonds. The van der Waals surface area contributed by atoms with Crippen molar-refractivity contribution in [3.05, 3.63) is 65.6 Å². The van der Waals surface area contributed by atoms with E-state index in [0.717, 1.165) is 56.5 Å². The average Bonchev–Trinajstić information content (AvgIpc) is 3.19. The summed E-state index contributed by atoms with van der Waals surface area (Å²) in [5, 5.41) is 12.0. The number of hydrogen-bond acceptors (Lipinski definition) is 4. The lowest BCUT2D eigenvalue weighted by Gasteiger charge is -2.35. The molecule has 4 rings (SSSR count). The normalized spacial score (nSPS) is 16.9. The Morgan fingerprint density at radius 2 is 2.03 bits per heavy atom. The zero-order chi connectivity index (χ0) is 20.8. The van der Waals surface area contributed by atoms with Gasteiger partial charge >= 0.3 is 0 Å². The number of rotatable bonds is 6. The number of fused-ring (bicyclic) bond motifs is 1. The van der Waals surface area contributed by atoms with Crippen LogP contribution in [0.5, 0.6) is 0 Å². The quantitative estimate of drug-likeness (QED) is 0.227. The third-order valence-corrected chi connectivity index (χ3v) is 5.44. The summed E-state index contributed by atoms with van der Waals surface area (Å²) in [5.74, 6) is 1.95. The number of morpholine rings is 1. The summed E-state index contributed by atoms with van der Waals surface area (Å²) in [7, 11) is 0. The van der Waals surface area contributed by atoms with Gasteiger partial charge in [-0.25, -0.2) is 0 Å². The number of ether oxygens (including phenoxy) is 1. The van der Waals surface area contributed by atoms with Crippen LogP contribution in [-0.4, -0.2) is 58.2 Å². The molecule has 0 bridgehead atoms. The van der Waals surface area contributed by atoms with Gasteiger partial charge in [0, 0.05) is 32.3 Å². The third-order valence-electron chi connectivity index (χ3n) is 5.44. The van der Waals surface area contributed by atoms with Crippen LogP contribution in [-0.2, 0) is 11.2 Å². The largest absolute Gasteiger partial charge is 0.370 e. The second-order valence-corrected chi connectivity index (χ2v) is 7.55. The minimum absolute atomic E-state index is 0. The van der Waals surface area contributed by atoms with Crippen molar-refractivity contribution in [1.82, 2.24) is 24.8 Å². The number of nitrogens with zero attached hydrogens (tertiary/aromatic N) is 5. The molecule has 31 heavy (non-hydrogen) atoms. The van der Waals surface area contributed by atoms with E-state index in [4.69, 9.17) is 9.73 Å². The highest BCUT2D eigenvalue weighted by molar-refractivity contribution is 14.0. The Bertz CT molecular complexity index is 1000. The van der Waals surface area contributed by atoms with Gasteiger partial charge in [-0.05, 0) is 43.5 Å². The Hall–Kier alpha value is -2.20. The van der Waals surface area contributed by atoms with Crippen LogP contribution in [0.15, 0.2) is 53.7 Å². The smallest absolute Gasteiger partial charge is 0.194 e. The Balaban J connectivity index is 0.00000272. The maximum Gasteiger partial charge on any atom is 0.194 e. The van der Waals surface area contributed by atoms with Crippen LogP contribution in [0.4, 0.5) is 0 Å². The van der Waals surface area contributed by atoms with Crippen molar-refractivity contribution >= 4 is 35.6 Å². The highest BCUT2D eigenvalue weighted by Gasteiger charge is 2.25. The van der Waals surface area contributed by atoms with Gasteiger partial charge in [0.15, 0.2) is 11.6 Å². The molecule has 0 aliphatic carbocycles. The van der Waals surface area contributed by atoms with Crippen molar-refractivity contribution in [1.29, 1.82) is 0 Å². The highest BCUT2D eigenvalue weighted by Crippen LogP contribution is 2.25. The molecule has 0 saturated carbocycles. The number of halogens is 1. The van der Waals surface area contributed by atoms with Gasteiger partial charge in [-0.2, -0.15) is 0 Å². The summed E-state index contributed by atoms with van der Waals surface area (Å²) in [4.78, 5) is 7.20. The first kappa shape index (κ1) is 23.5. The van der Waals surface area contributed by atoms with E-state index in [0.29, 0.717) is 6.61 Å². The van der Waals surface area contributed by atoms with Crippen molar-refractivity contribution in [2.24, 2.45) is 4.99 Å². The lowest BCUT2D eigenvalue weighted by molar-refractivity contribution is -0.00832. The maximum atomic E-state index is 6.08. The Morgan fingerprint density at radius 3 is 2.87 bits per heavy atom. The van der Waals surface area contributed by atoms with E-state index < -0.39 is 0 Å². The van der Waals surface area contributed by atoms with Gasteiger partial charge in [-0.1, -0.05) is 30.3 Å². The predicted octanol–water partition coefficient (Wildman–Crippen LogP) is 3.63. The highest BCUT2D eigenvalue weighted by atomic mass is 127. The standard InChI is InChI=1S/C23H30N6O.HI/c1-3-24-23(25-13-8-12-22-27-26-21-11-6-7-14-29(21)22)28-15-16-30-20(17-28)19-10-5-4-9-18(19)2;/h4-7,9-11,14,20H,3,8,12-13,15-17H2,1-2H3,(H,24,25);1H. The number of nitrogens with one attached hydrogen (secondary N) is 1. The summed E-state index contributed by atoms with van der Waals surface area (Å²) < 4.78 is 8.12. The number of pyridine rings is 1. The van der Waals surface area contributed by atoms with Crippen molar-refractivity contribution in [2.75, 3.05) is 32.8 Å². The van der Waals surface area contributed by atoms with Crippen LogP contribution >= 0.6 is 24.0 Å². The van der Waals surface area contributed by atoms with Gasteiger partial charge in [-0.3, -0.25) is 9.39 Å². The van der Waals surface area contributed by atoms with Gasteiger partial charge in [0.05, 0.1) is 13.2 Å². The van der Waals surface area contributed by atoms with E-state index in [-0.39, 0.29) is 30.1 Å². The summed E-state index contributed by atoms with van der Waals surface area (Å²) in [5.41, 5.74) is 3.42. The number of hydrogen-bond donors (Lipinski definition) is 1. The molecule has 1 fully saturated rings. The molecule has 1 saturated heterocycles. The molecule has 1 aliphatic rings. The van der Waals surface area contributed by atoms with Crippen LogP contribution in [0.3, 0.4) is 0 Å². The summed E-state index contributed by atoms with van der Waals surface area (Å²) in [6, 6.07) is 14.4. The van der Waals surface area contributed by atoms with E-state index in [1.807, 2.05) is 28.8 Å². The van der Waals surface area contributed by atoms with E-state index >= 15 is 0 Å². The van der Waals surface area contributed by atoms with Crippen LogP contribution in [0.2, 0.25) is 0 Å². The lowest BCUT2D eigenvalue weighted by Crippen LogP contribution is -2.48. The Morgan fingerprint density at radius 1 is 1.19 bits per heavy atom. The van der Waals surface area contributed by atoms with E-state index in [2.05, 4.69) is 58.5 Å². The fourth-order valence-electron chi connectivity index (χ4n) is 3.89. The third kappa shape index (κ3) is 5.74. The van der Waals surface area contributed by atoms with Gasteiger partial charge in [0.2, 0.25) is 0 Å². The number of guanidine groups is 1. The minimum Gasteiger partial charge on any atom is -0.370 e. The fraction of sp³-hybridized carbons (Fsp3) is 0.435.